The molecular formula is C23H28ClN3O3. The van der Waals surface area contributed by atoms with Crippen molar-refractivity contribution in [3.8, 4) is 5.75 Å². The number of aromatic nitrogens is 1. The molecule has 0 amide bonds. The summed E-state index contributed by atoms with van der Waals surface area (Å²) in [7, 11) is 0. The van der Waals surface area contributed by atoms with Crippen LogP contribution < -0.4 is 15.2 Å². The maximum Gasteiger partial charge on any atom is 0.248 e. The largest absolute Gasteiger partial charge is 0.491 e. The summed E-state index contributed by atoms with van der Waals surface area (Å²) in [4.78, 5) is 19.1. The molecule has 1 atom stereocenters. The van der Waals surface area contributed by atoms with Gasteiger partial charge in [-0.15, -0.1) is 12.4 Å². The molecule has 30 heavy (non-hydrogen) atoms. The maximum atomic E-state index is 11.7. The smallest absolute Gasteiger partial charge is 0.248 e. The highest BCUT2D eigenvalue weighted by Gasteiger charge is 2.19. The fourth-order valence-corrected chi connectivity index (χ4v) is 3.87. The lowest BCUT2D eigenvalue weighted by Gasteiger charge is -2.36. The first-order valence-electron chi connectivity index (χ1n) is 10.1. The highest BCUT2D eigenvalue weighted by Crippen LogP contribution is 2.21. The first-order valence-corrected chi connectivity index (χ1v) is 10.1. The second kappa shape index (κ2) is 9.98. The first-order chi connectivity index (χ1) is 14.1. The number of aliphatic hydroxyl groups is 1. The van der Waals surface area contributed by atoms with Crippen molar-refractivity contribution in [2.45, 2.75) is 13.0 Å². The molecule has 2 aromatic carbocycles. The van der Waals surface area contributed by atoms with Gasteiger partial charge in [-0.25, -0.2) is 0 Å². The van der Waals surface area contributed by atoms with Gasteiger partial charge in [0, 0.05) is 55.9 Å². The predicted molar refractivity (Wildman–Crippen MR) is 123 cm³/mol. The molecule has 7 heteroatoms. The molecular weight excluding hydrogens is 402 g/mol. The van der Waals surface area contributed by atoms with Crippen molar-refractivity contribution < 1.29 is 9.84 Å². The SMILES string of the molecule is Cc1cc(=O)[nH]c2cc(OCC(O)CN3CCN(c4ccccc4)CC3)ccc12.Cl. The number of fused-ring (bicyclic) bond motifs is 1. The second-order valence-corrected chi connectivity index (χ2v) is 7.61. The zero-order valence-electron chi connectivity index (χ0n) is 17.1. The van der Waals surface area contributed by atoms with Crippen LogP contribution in [0.25, 0.3) is 10.9 Å². The van der Waals surface area contributed by atoms with Crippen molar-refractivity contribution >= 4 is 29.0 Å². The third-order valence-corrected chi connectivity index (χ3v) is 5.43. The number of anilines is 1. The number of nitrogens with one attached hydrogen (secondary N) is 1. The van der Waals surface area contributed by atoms with Gasteiger partial charge in [0.2, 0.25) is 5.56 Å². The average Bonchev–Trinajstić information content (AvgIpc) is 2.73. The normalized spacial score (nSPS) is 15.6. The number of ether oxygens (including phenoxy) is 1. The van der Waals surface area contributed by atoms with Gasteiger partial charge in [-0.3, -0.25) is 9.69 Å². The third-order valence-electron chi connectivity index (χ3n) is 5.43. The molecule has 0 radical (unpaired) electrons. The van der Waals surface area contributed by atoms with Crippen LogP contribution in [0.5, 0.6) is 5.75 Å². The van der Waals surface area contributed by atoms with Crippen LogP contribution in [-0.2, 0) is 0 Å². The molecule has 160 valence electrons. The van der Waals surface area contributed by atoms with Crippen LogP contribution in [-0.4, -0.2) is 60.4 Å². The van der Waals surface area contributed by atoms with E-state index in [1.54, 1.807) is 6.07 Å². The minimum absolute atomic E-state index is 0. The van der Waals surface area contributed by atoms with Gasteiger partial charge >= 0.3 is 0 Å². The van der Waals surface area contributed by atoms with E-state index in [4.69, 9.17) is 4.74 Å². The van der Waals surface area contributed by atoms with Crippen molar-refractivity contribution in [1.82, 2.24) is 9.88 Å². The topological polar surface area (TPSA) is 68.8 Å². The molecule has 1 fully saturated rings. The number of aromatic amines is 1. The predicted octanol–water partition coefficient (Wildman–Crippen LogP) is 2.82. The summed E-state index contributed by atoms with van der Waals surface area (Å²) in [6, 6.07) is 17.6. The molecule has 0 bridgehead atoms. The molecule has 2 N–H and O–H groups in total. The molecule has 1 aromatic heterocycles. The Bertz CT molecular complexity index is 1020. The van der Waals surface area contributed by atoms with E-state index < -0.39 is 6.10 Å². The Morgan fingerprint density at radius 3 is 2.53 bits per heavy atom. The number of halogens is 1. The minimum atomic E-state index is -0.564. The number of β-amino-alcohol motifs (C(OH)–C–C–N with tert-alkyl or cyclic N) is 1. The lowest BCUT2D eigenvalue weighted by atomic mass is 10.1. The lowest BCUT2D eigenvalue weighted by Crippen LogP contribution is -2.49. The number of hydrogen-bond acceptors (Lipinski definition) is 5. The van der Waals surface area contributed by atoms with Crippen LogP contribution >= 0.6 is 12.4 Å². The number of rotatable bonds is 6. The van der Waals surface area contributed by atoms with E-state index in [0.29, 0.717) is 12.3 Å². The molecule has 1 aliphatic heterocycles. The number of H-pyrrole nitrogens is 1. The number of hydrogen-bond donors (Lipinski definition) is 2. The summed E-state index contributed by atoms with van der Waals surface area (Å²) in [5, 5.41) is 11.4. The molecule has 4 rings (SSSR count). The van der Waals surface area contributed by atoms with E-state index in [1.807, 2.05) is 31.2 Å². The number of aryl methyl sites for hydroxylation is 1. The molecule has 2 heterocycles. The maximum absolute atomic E-state index is 11.7. The Hall–Kier alpha value is -2.54. The van der Waals surface area contributed by atoms with Crippen LogP contribution in [0.2, 0.25) is 0 Å². The molecule has 0 saturated carbocycles. The van der Waals surface area contributed by atoms with Gasteiger partial charge < -0.3 is 19.7 Å². The van der Waals surface area contributed by atoms with Gasteiger partial charge in [0.05, 0.1) is 5.52 Å². The lowest BCUT2D eigenvalue weighted by molar-refractivity contribution is 0.0663. The van der Waals surface area contributed by atoms with Gasteiger partial charge in [-0.1, -0.05) is 18.2 Å². The van der Waals surface area contributed by atoms with Gasteiger partial charge in [-0.2, -0.15) is 0 Å². The average molecular weight is 430 g/mol. The quantitative estimate of drug-likeness (QED) is 0.630. The molecule has 3 aromatic rings. The van der Waals surface area contributed by atoms with E-state index in [0.717, 1.165) is 42.6 Å². The van der Waals surface area contributed by atoms with Crippen LogP contribution in [0.4, 0.5) is 5.69 Å². The Balaban J connectivity index is 0.00000256. The standard InChI is InChI=1S/C23H27N3O3.ClH/c1-17-13-23(28)24-22-14-20(7-8-21(17)22)29-16-19(27)15-25-9-11-26(12-10-25)18-5-3-2-4-6-18;/h2-8,13-14,19,27H,9-12,15-16H2,1H3,(H,24,28);1H. The summed E-state index contributed by atoms with van der Waals surface area (Å²) in [5.74, 6) is 0.645. The van der Waals surface area contributed by atoms with Crippen LogP contribution in [0, 0.1) is 6.92 Å². The highest BCUT2D eigenvalue weighted by molar-refractivity contribution is 5.85. The van der Waals surface area contributed by atoms with E-state index >= 15 is 0 Å². The van der Waals surface area contributed by atoms with E-state index in [9.17, 15) is 9.90 Å². The molecule has 1 saturated heterocycles. The number of aliphatic hydroxyl groups excluding tert-OH is 1. The Labute approximate surface area is 182 Å². The molecule has 6 nitrogen and oxygen atoms in total. The van der Waals surface area contributed by atoms with Crippen molar-refractivity contribution in [2.24, 2.45) is 0 Å². The van der Waals surface area contributed by atoms with Crippen LogP contribution in [0.1, 0.15) is 5.56 Å². The van der Waals surface area contributed by atoms with Gasteiger partial charge in [0.1, 0.15) is 18.5 Å². The second-order valence-electron chi connectivity index (χ2n) is 7.61. The van der Waals surface area contributed by atoms with Gasteiger partial charge in [0.15, 0.2) is 0 Å². The minimum Gasteiger partial charge on any atom is -0.491 e. The summed E-state index contributed by atoms with van der Waals surface area (Å²) >= 11 is 0. The van der Waals surface area contributed by atoms with Crippen molar-refractivity contribution in [3.05, 3.63) is 70.5 Å². The molecule has 0 spiro atoms. The number of benzene rings is 2. The first kappa shape index (κ1) is 22.2. The molecule has 1 aliphatic rings. The van der Waals surface area contributed by atoms with Crippen LogP contribution in [0.3, 0.4) is 0 Å². The van der Waals surface area contributed by atoms with E-state index in [1.165, 1.54) is 5.69 Å². The number of para-hydroxylation sites is 1. The molecule has 1 unspecified atom stereocenters. The fraction of sp³-hybridized carbons (Fsp3) is 0.348. The molecule has 0 aliphatic carbocycles. The van der Waals surface area contributed by atoms with Crippen molar-refractivity contribution in [1.29, 1.82) is 0 Å². The van der Waals surface area contributed by atoms with E-state index in [2.05, 4.69) is 39.0 Å². The van der Waals surface area contributed by atoms with Gasteiger partial charge in [-0.05, 0) is 36.8 Å². The summed E-state index contributed by atoms with van der Waals surface area (Å²) in [6.07, 6.45) is -0.564. The zero-order valence-corrected chi connectivity index (χ0v) is 17.9. The van der Waals surface area contributed by atoms with Crippen molar-refractivity contribution in [2.75, 3.05) is 44.2 Å². The van der Waals surface area contributed by atoms with Crippen LogP contribution in [0.15, 0.2) is 59.4 Å². The number of pyridine rings is 1. The third kappa shape index (κ3) is 5.33. The zero-order chi connectivity index (χ0) is 20.2. The number of piperazine rings is 1. The summed E-state index contributed by atoms with van der Waals surface area (Å²) < 4.78 is 5.78. The Morgan fingerprint density at radius 2 is 1.80 bits per heavy atom. The van der Waals surface area contributed by atoms with E-state index in [-0.39, 0.29) is 24.6 Å². The summed E-state index contributed by atoms with van der Waals surface area (Å²) in [6.45, 7) is 6.47. The Morgan fingerprint density at radius 1 is 1.07 bits per heavy atom. The summed E-state index contributed by atoms with van der Waals surface area (Å²) in [5.41, 5.74) is 2.81. The number of nitrogens with zero attached hydrogens (tertiary/aromatic N) is 2. The monoisotopic (exact) mass is 429 g/mol. The highest BCUT2D eigenvalue weighted by atomic mass is 35.5. The Kier molecular flexibility index (Phi) is 7.37. The fourth-order valence-electron chi connectivity index (χ4n) is 3.87. The van der Waals surface area contributed by atoms with Crippen molar-refractivity contribution in [3.63, 3.8) is 0 Å². The van der Waals surface area contributed by atoms with Gasteiger partial charge in [0.25, 0.3) is 0 Å².